The summed E-state index contributed by atoms with van der Waals surface area (Å²) < 4.78 is 0. The molecule has 2 nitrogen and oxygen atoms in total. The summed E-state index contributed by atoms with van der Waals surface area (Å²) in [6, 6.07) is 31.9. The highest BCUT2D eigenvalue weighted by atomic mass is 16.3. The Morgan fingerprint density at radius 1 is 0.793 bits per heavy atom. The maximum Gasteiger partial charge on any atom is 0.0675 e. The van der Waals surface area contributed by atoms with Crippen molar-refractivity contribution in [1.82, 2.24) is 4.90 Å². The monoisotopic (exact) mass is 387 g/mol. The number of nitrogens with zero attached hydrogens (tertiary/aromatic N) is 1. The first-order valence-corrected chi connectivity index (χ1v) is 10.6. The van der Waals surface area contributed by atoms with Crippen molar-refractivity contribution in [2.24, 2.45) is 0 Å². The molecule has 0 saturated carbocycles. The number of hydrogen-bond donors (Lipinski definition) is 1. The first-order chi connectivity index (χ1) is 14.1. The summed E-state index contributed by atoms with van der Waals surface area (Å²) in [5.74, 6) is 0. The first-order valence-electron chi connectivity index (χ1n) is 10.6. The van der Waals surface area contributed by atoms with Crippen LogP contribution in [0, 0.1) is 0 Å². The van der Waals surface area contributed by atoms with Crippen molar-refractivity contribution in [2.45, 2.75) is 50.8 Å². The van der Waals surface area contributed by atoms with E-state index in [-0.39, 0.29) is 6.04 Å². The van der Waals surface area contributed by atoms with Gasteiger partial charge in [0.25, 0.3) is 0 Å². The number of rotatable bonds is 9. The van der Waals surface area contributed by atoms with E-state index in [0.717, 1.165) is 13.0 Å². The molecular formula is C27H33NO. The average Bonchev–Trinajstić information content (AvgIpc) is 2.78. The van der Waals surface area contributed by atoms with Crippen LogP contribution in [0.3, 0.4) is 0 Å². The zero-order valence-electron chi connectivity index (χ0n) is 17.8. The topological polar surface area (TPSA) is 23.5 Å². The molecule has 3 rings (SSSR count). The van der Waals surface area contributed by atoms with Crippen molar-refractivity contribution in [3.63, 3.8) is 0 Å². The van der Waals surface area contributed by atoms with Crippen LogP contribution in [0.5, 0.6) is 0 Å². The second-order valence-electron chi connectivity index (χ2n) is 8.08. The summed E-state index contributed by atoms with van der Waals surface area (Å²) in [5, 5.41) is 11.4. The smallest absolute Gasteiger partial charge is 0.0675 e. The molecule has 1 N–H and O–H groups in total. The highest BCUT2D eigenvalue weighted by molar-refractivity contribution is 5.41. The molecule has 0 bridgehead atoms. The molecule has 0 radical (unpaired) electrons. The van der Waals surface area contributed by atoms with Crippen LogP contribution in [0.15, 0.2) is 91.0 Å². The van der Waals surface area contributed by atoms with E-state index in [1.807, 2.05) is 12.1 Å². The number of benzene rings is 3. The van der Waals surface area contributed by atoms with E-state index < -0.39 is 11.5 Å². The van der Waals surface area contributed by atoms with Gasteiger partial charge in [-0.2, -0.15) is 0 Å². The molecule has 0 amide bonds. The van der Waals surface area contributed by atoms with Gasteiger partial charge in [-0.3, -0.25) is 4.90 Å². The molecule has 3 aromatic carbocycles. The molecule has 0 spiro atoms. The van der Waals surface area contributed by atoms with Crippen LogP contribution in [0.25, 0.3) is 0 Å². The van der Waals surface area contributed by atoms with Crippen LogP contribution < -0.4 is 0 Å². The maximum atomic E-state index is 11.4. The van der Waals surface area contributed by atoms with Gasteiger partial charge < -0.3 is 5.11 Å². The minimum Gasteiger partial charge on any atom is -0.392 e. The fourth-order valence-corrected chi connectivity index (χ4v) is 4.39. The van der Waals surface area contributed by atoms with E-state index in [0.29, 0.717) is 6.42 Å². The molecule has 0 heterocycles. The van der Waals surface area contributed by atoms with Crippen LogP contribution in [-0.4, -0.2) is 29.2 Å². The molecule has 0 saturated heterocycles. The summed E-state index contributed by atoms with van der Waals surface area (Å²) in [7, 11) is 2.18. The Labute approximate surface area is 175 Å². The molecule has 2 heteroatoms. The van der Waals surface area contributed by atoms with Gasteiger partial charge in [-0.15, -0.1) is 0 Å². The average molecular weight is 388 g/mol. The summed E-state index contributed by atoms with van der Waals surface area (Å²) in [6.07, 6.45) is 1.10. The van der Waals surface area contributed by atoms with Crippen LogP contribution in [0.2, 0.25) is 0 Å². The van der Waals surface area contributed by atoms with E-state index in [1.165, 1.54) is 16.7 Å². The van der Waals surface area contributed by atoms with E-state index in [2.05, 4.69) is 105 Å². The van der Waals surface area contributed by atoms with Gasteiger partial charge in [-0.1, -0.05) is 97.9 Å². The van der Waals surface area contributed by atoms with E-state index >= 15 is 0 Å². The van der Waals surface area contributed by atoms with Crippen molar-refractivity contribution in [2.75, 3.05) is 7.05 Å². The Morgan fingerprint density at radius 3 is 1.69 bits per heavy atom. The Kier molecular flexibility index (Phi) is 7.24. The minimum absolute atomic E-state index is 0.289. The van der Waals surface area contributed by atoms with Crippen LogP contribution in [0.1, 0.15) is 43.4 Å². The number of aliphatic hydroxyl groups is 1. The first kappa shape index (κ1) is 21.3. The summed E-state index contributed by atoms with van der Waals surface area (Å²) in [5.41, 5.74) is 3.23. The predicted octanol–water partition coefficient (Wildman–Crippen LogP) is 5.65. The molecule has 0 aliphatic carbocycles. The molecule has 0 aromatic heterocycles. The van der Waals surface area contributed by atoms with Crippen molar-refractivity contribution >= 4 is 0 Å². The standard InChI is InChI=1S/C27H33NO/c1-4-26(29)27(24-16-10-6-11-17-24,25-18-12-7-13-19-25)20-22(2)28(3)21-23-14-8-5-9-15-23/h5-19,22,26,29H,4,20-21H2,1-3H3/t22-,26+/m0/s1. The third-order valence-electron chi connectivity index (χ3n) is 6.18. The molecule has 152 valence electrons. The zero-order chi connectivity index (χ0) is 20.7. The van der Waals surface area contributed by atoms with Gasteiger partial charge >= 0.3 is 0 Å². The van der Waals surface area contributed by atoms with Crippen molar-refractivity contribution < 1.29 is 5.11 Å². The van der Waals surface area contributed by atoms with E-state index in [9.17, 15) is 5.11 Å². The molecule has 0 aliphatic rings. The minimum atomic E-state index is -0.458. The number of aliphatic hydroxyl groups excluding tert-OH is 1. The van der Waals surface area contributed by atoms with Crippen molar-refractivity contribution in [3.8, 4) is 0 Å². The van der Waals surface area contributed by atoms with Crippen LogP contribution in [-0.2, 0) is 12.0 Å². The molecular weight excluding hydrogens is 354 g/mol. The molecule has 0 aliphatic heterocycles. The second-order valence-corrected chi connectivity index (χ2v) is 8.08. The van der Waals surface area contributed by atoms with Gasteiger partial charge in [0.05, 0.1) is 6.10 Å². The molecule has 29 heavy (non-hydrogen) atoms. The summed E-state index contributed by atoms with van der Waals surface area (Å²) in [4.78, 5) is 2.39. The SMILES string of the molecule is CC[C@@H](O)C(C[C@H](C)N(C)Cc1ccccc1)(c1ccccc1)c1ccccc1. The van der Waals surface area contributed by atoms with E-state index in [4.69, 9.17) is 0 Å². The van der Waals surface area contributed by atoms with Crippen molar-refractivity contribution in [1.29, 1.82) is 0 Å². The maximum absolute atomic E-state index is 11.4. The highest BCUT2D eigenvalue weighted by Gasteiger charge is 2.42. The molecule has 0 fully saturated rings. The lowest BCUT2D eigenvalue weighted by Gasteiger charge is -2.43. The highest BCUT2D eigenvalue weighted by Crippen LogP contribution is 2.42. The fraction of sp³-hybridized carbons (Fsp3) is 0.333. The largest absolute Gasteiger partial charge is 0.392 e. The van der Waals surface area contributed by atoms with Gasteiger partial charge in [0.2, 0.25) is 0 Å². The lowest BCUT2D eigenvalue weighted by molar-refractivity contribution is 0.0728. The lowest BCUT2D eigenvalue weighted by atomic mass is 9.66. The van der Waals surface area contributed by atoms with Gasteiger partial charge in [-0.05, 0) is 43.5 Å². The molecule has 2 atom stereocenters. The third-order valence-corrected chi connectivity index (χ3v) is 6.18. The van der Waals surface area contributed by atoms with E-state index in [1.54, 1.807) is 0 Å². The Morgan fingerprint density at radius 2 is 1.24 bits per heavy atom. The normalized spacial score (nSPS) is 14.0. The summed E-state index contributed by atoms with van der Waals surface area (Å²) >= 11 is 0. The fourth-order valence-electron chi connectivity index (χ4n) is 4.39. The van der Waals surface area contributed by atoms with Gasteiger partial charge in [-0.25, -0.2) is 0 Å². The Hall–Kier alpha value is -2.42. The third kappa shape index (κ3) is 4.77. The van der Waals surface area contributed by atoms with Crippen LogP contribution in [0.4, 0.5) is 0 Å². The molecule has 3 aromatic rings. The van der Waals surface area contributed by atoms with Gasteiger partial charge in [0, 0.05) is 18.0 Å². The summed E-state index contributed by atoms with van der Waals surface area (Å²) in [6.45, 7) is 5.24. The van der Waals surface area contributed by atoms with Gasteiger partial charge in [0.15, 0.2) is 0 Å². The quantitative estimate of drug-likeness (QED) is 0.512. The second kappa shape index (κ2) is 9.87. The van der Waals surface area contributed by atoms with Crippen LogP contribution >= 0.6 is 0 Å². The Balaban J connectivity index is 1.98. The van der Waals surface area contributed by atoms with Gasteiger partial charge in [0.1, 0.15) is 0 Å². The zero-order valence-corrected chi connectivity index (χ0v) is 17.8. The van der Waals surface area contributed by atoms with Crippen molar-refractivity contribution in [3.05, 3.63) is 108 Å². The Bertz CT molecular complexity index is 808. The molecule has 0 unspecified atom stereocenters. The predicted molar refractivity (Wildman–Crippen MR) is 122 cm³/mol. The lowest BCUT2D eigenvalue weighted by Crippen LogP contribution is -2.46. The number of hydrogen-bond acceptors (Lipinski definition) is 2.